The van der Waals surface area contributed by atoms with Crippen LogP contribution >= 0.6 is 0 Å². The van der Waals surface area contributed by atoms with Crippen LogP contribution in [0.1, 0.15) is 50.7 Å². The van der Waals surface area contributed by atoms with E-state index in [9.17, 15) is 15.0 Å². The molecule has 1 aromatic carbocycles. The number of hydrogen-bond acceptors (Lipinski definition) is 3. The van der Waals surface area contributed by atoms with Gasteiger partial charge in [0.2, 0.25) is 0 Å². The molecular formula is C18H24O4. The Morgan fingerprint density at radius 2 is 1.86 bits per heavy atom. The molecule has 1 aliphatic rings. The van der Waals surface area contributed by atoms with Crippen molar-refractivity contribution in [3.63, 3.8) is 0 Å². The highest BCUT2D eigenvalue weighted by Gasteiger charge is 2.32. The summed E-state index contributed by atoms with van der Waals surface area (Å²) in [5.41, 5.74) is 2.23. The molecule has 1 aromatic rings. The highest BCUT2D eigenvalue weighted by Crippen LogP contribution is 2.47. The van der Waals surface area contributed by atoms with Crippen LogP contribution in [0, 0.1) is 11.8 Å². The van der Waals surface area contributed by atoms with Crippen LogP contribution in [0.5, 0.6) is 11.5 Å². The minimum absolute atomic E-state index is 0.00148. The molecule has 0 bridgehead atoms. The van der Waals surface area contributed by atoms with E-state index in [0.29, 0.717) is 23.0 Å². The molecule has 0 saturated carbocycles. The summed E-state index contributed by atoms with van der Waals surface area (Å²) >= 11 is 0. The first kappa shape index (κ1) is 16.4. The predicted molar refractivity (Wildman–Crippen MR) is 85.2 cm³/mol. The minimum Gasteiger partial charge on any atom is -0.508 e. The highest BCUT2D eigenvalue weighted by molar-refractivity contribution is 5.71. The SMILES string of the molecule is CC1=CC[C@@H](C(C)C)[C@H](c2c(O)cc(CC(=O)O)cc2O)C1. The normalized spacial score (nSPS) is 21.7. The molecule has 2 atom stereocenters. The molecule has 1 aliphatic carbocycles. The average Bonchev–Trinajstić information content (AvgIpc) is 2.36. The number of aliphatic carboxylic acids is 1. The Labute approximate surface area is 131 Å². The van der Waals surface area contributed by atoms with Crippen LogP contribution in [0.15, 0.2) is 23.8 Å². The number of rotatable bonds is 4. The minimum atomic E-state index is -0.983. The van der Waals surface area contributed by atoms with E-state index in [1.165, 1.54) is 17.7 Å². The quantitative estimate of drug-likeness (QED) is 0.739. The Hall–Kier alpha value is -1.97. The topological polar surface area (TPSA) is 77.8 Å². The Kier molecular flexibility index (Phi) is 4.79. The lowest BCUT2D eigenvalue weighted by molar-refractivity contribution is -0.136. The van der Waals surface area contributed by atoms with Crippen molar-refractivity contribution in [2.24, 2.45) is 11.8 Å². The first-order valence-corrected chi connectivity index (χ1v) is 7.71. The lowest BCUT2D eigenvalue weighted by Gasteiger charge is -2.34. The van der Waals surface area contributed by atoms with Gasteiger partial charge < -0.3 is 15.3 Å². The standard InChI is InChI=1S/C18H24O4/c1-10(2)13-5-4-11(3)6-14(13)18-15(19)7-12(8-16(18)20)9-17(21)22/h4,7-8,10,13-14,19-20H,5-6,9H2,1-3H3,(H,21,22)/t13-,14+/m0/s1. The maximum Gasteiger partial charge on any atom is 0.307 e. The summed E-state index contributed by atoms with van der Waals surface area (Å²) in [7, 11) is 0. The summed E-state index contributed by atoms with van der Waals surface area (Å²) in [5, 5.41) is 29.5. The van der Waals surface area contributed by atoms with Crippen LogP contribution in [-0.2, 0) is 11.2 Å². The van der Waals surface area contributed by atoms with E-state index in [4.69, 9.17) is 5.11 Å². The third kappa shape index (κ3) is 3.43. The van der Waals surface area contributed by atoms with Gasteiger partial charge in [-0.15, -0.1) is 0 Å². The Bertz CT molecular complexity index is 578. The summed E-state index contributed by atoms with van der Waals surface area (Å²) in [4.78, 5) is 10.8. The average molecular weight is 304 g/mol. The molecule has 22 heavy (non-hydrogen) atoms. The zero-order chi connectivity index (χ0) is 16.4. The third-order valence-corrected chi connectivity index (χ3v) is 4.58. The van der Waals surface area contributed by atoms with Crippen molar-refractivity contribution in [3.05, 3.63) is 34.9 Å². The largest absolute Gasteiger partial charge is 0.508 e. The first-order chi connectivity index (χ1) is 10.3. The lowest BCUT2D eigenvalue weighted by Crippen LogP contribution is -2.22. The molecule has 0 radical (unpaired) electrons. The maximum atomic E-state index is 10.8. The van der Waals surface area contributed by atoms with Gasteiger partial charge in [-0.2, -0.15) is 0 Å². The van der Waals surface area contributed by atoms with Gasteiger partial charge in [0, 0.05) is 5.56 Å². The van der Waals surface area contributed by atoms with E-state index < -0.39 is 5.97 Å². The van der Waals surface area contributed by atoms with Gasteiger partial charge in [0.15, 0.2) is 0 Å². The van der Waals surface area contributed by atoms with Crippen molar-refractivity contribution in [2.45, 2.75) is 46.0 Å². The van der Waals surface area contributed by atoms with Gasteiger partial charge in [0.05, 0.1) is 6.42 Å². The molecule has 4 nitrogen and oxygen atoms in total. The van der Waals surface area contributed by atoms with Gasteiger partial charge in [-0.3, -0.25) is 4.79 Å². The smallest absolute Gasteiger partial charge is 0.307 e. The number of aromatic hydroxyl groups is 2. The second kappa shape index (κ2) is 6.42. The lowest BCUT2D eigenvalue weighted by atomic mass is 9.70. The second-order valence-corrected chi connectivity index (χ2v) is 6.62. The Morgan fingerprint density at radius 3 is 2.36 bits per heavy atom. The summed E-state index contributed by atoms with van der Waals surface area (Å²) in [6.45, 7) is 6.37. The number of phenolic OH excluding ortho intramolecular Hbond substituents is 2. The summed E-state index contributed by atoms with van der Waals surface area (Å²) in [6.07, 6.45) is 3.76. The fourth-order valence-electron chi connectivity index (χ4n) is 3.47. The molecule has 0 amide bonds. The third-order valence-electron chi connectivity index (χ3n) is 4.58. The second-order valence-electron chi connectivity index (χ2n) is 6.62. The fraction of sp³-hybridized carbons (Fsp3) is 0.500. The number of hydrogen-bond donors (Lipinski definition) is 3. The van der Waals surface area contributed by atoms with Gasteiger partial charge in [-0.25, -0.2) is 0 Å². The van der Waals surface area contributed by atoms with E-state index in [1.54, 1.807) is 0 Å². The summed E-state index contributed by atoms with van der Waals surface area (Å²) < 4.78 is 0. The molecule has 0 aliphatic heterocycles. The Morgan fingerprint density at radius 1 is 1.27 bits per heavy atom. The van der Waals surface area contributed by atoms with Crippen LogP contribution in [-0.4, -0.2) is 21.3 Å². The van der Waals surface area contributed by atoms with Crippen LogP contribution in [0.25, 0.3) is 0 Å². The summed E-state index contributed by atoms with van der Waals surface area (Å²) in [5.74, 6) is -0.132. The van der Waals surface area contributed by atoms with Crippen molar-refractivity contribution >= 4 is 5.97 Å². The molecule has 0 aromatic heterocycles. The molecule has 0 fully saturated rings. The molecular weight excluding hydrogens is 280 g/mol. The predicted octanol–water partition coefficient (Wildman–Crippen LogP) is 3.82. The van der Waals surface area contributed by atoms with Crippen LogP contribution < -0.4 is 0 Å². The van der Waals surface area contributed by atoms with Crippen molar-refractivity contribution in [2.75, 3.05) is 0 Å². The van der Waals surface area contributed by atoms with Gasteiger partial charge in [0.25, 0.3) is 0 Å². The van der Waals surface area contributed by atoms with Gasteiger partial charge >= 0.3 is 5.97 Å². The van der Waals surface area contributed by atoms with E-state index >= 15 is 0 Å². The van der Waals surface area contributed by atoms with Crippen LogP contribution in [0.4, 0.5) is 0 Å². The van der Waals surface area contributed by atoms with Crippen LogP contribution in [0.3, 0.4) is 0 Å². The molecule has 0 saturated heterocycles. The molecule has 3 N–H and O–H groups in total. The number of benzene rings is 1. The number of allylic oxidation sites excluding steroid dienone is 2. The number of carboxylic acids is 1. The number of carbonyl (C=O) groups is 1. The number of carboxylic acid groups (broad SMARTS) is 1. The zero-order valence-corrected chi connectivity index (χ0v) is 13.3. The molecule has 2 rings (SSSR count). The van der Waals surface area contributed by atoms with Crippen molar-refractivity contribution in [1.29, 1.82) is 0 Å². The molecule has 0 heterocycles. The molecule has 0 spiro atoms. The molecule has 0 unspecified atom stereocenters. The van der Waals surface area contributed by atoms with E-state index in [0.717, 1.165) is 12.8 Å². The summed E-state index contributed by atoms with van der Waals surface area (Å²) in [6, 6.07) is 2.93. The fourth-order valence-corrected chi connectivity index (χ4v) is 3.47. The highest BCUT2D eigenvalue weighted by atomic mass is 16.4. The number of phenols is 2. The first-order valence-electron chi connectivity index (χ1n) is 7.71. The zero-order valence-electron chi connectivity index (χ0n) is 13.3. The van der Waals surface area contributed by atoms with Gasteiger partial charge in [0.1, 0.15) is 11.5 Å². The van der Waals surface area contributed by atoms with E-state index in [2.05, 4.69) is 26.8 Å². The van der Waals surface area contributed by atoms with Crippen molar-refractivity contribution in [3.8, 4) is 11.5 Å². The van der Waals surface area contributed by atoms with Gasteiger partial charge in [-0.1, -0.05) is 25.5 Å². The van der Waals surface area contributed by atoms with Crippen molar-refractivity contribution < 1.29 is 20.1 Å². The van der Waals surface area contributed by atoms with Gasteiger partial charge in [-0.05, 0) is 55.2 Å². The molecule has 120 valence electrons. The van der Waals surface area contributed by atoms with E-state index in [-0.39, 0.29) is 23.8 Å². The maximum absolute atomic E-state index is 10.8. The van der Waals surface area contributed by atoms with E-state index in [1.807, 2.05) is 0 Å². The monoisotopic (exact) mass is 304 g/mol. The van der Waals surface area contributed by atoms with Crippen molar-refractivity contribution in [1.82, 2.24) is 0 Å². The Balaban J connectivity index is 2.42. The van der Waals surface area contributed by atoms with Crippen LogP contribution in [0.2, 0.25) is 0 Å². The molecule has 4 heteroatoms.